The largest absolute Gasteiger partial charge is 0.311 e. The lowest BCUT2D eigenvalue weighted by Crippen LogP contribution is -2.47. The van der Waals surface area contributed by atoms with Gasteiger partial charge in [0, 0.05) is 31.2 Å². The zero-order valence-electron chi connectivity index (χ0n) is 14.0. The summed E-state index contributed by atoms with van der Waals surface area (Å²) in [5.74, 6) is 0.777. The van der Waals surface area contributed by atoms with Crippen molar-refractivity contribution in [3.05, 3.63) is 0 Å². The number of hydrogen-bond acceptors (Lipinski definition) is 3. The topological polar surface area (TPSA) is 18.5 Å². The van der Waals surface area contributed by atoms with E-state index in [9.17, 15) is 0 Å². The minimum atomic E-state index is 0.246. The fourth-order valence-electron chi connectivity index (χ4n) is 2.90. The van der Waals surface area contributed by atoms with Gasteiger partial charge in [-0.05, 0) is 59.7 Å². The molecule has 19 heavy (non-hydrogen) atoms. The van der Waals surface area contributed by atoms with E-state index in [-0.39, 0.29) is 5.54 Å². The Morgan fingerprint density at radius 2 is 1.79 bits per heavy atom. The molecule has 0 radical (unpaired) electrons. The number of nitrogens with zero attached hydrogens (tertiary/aromatic N) is 2. The normalized spacial score (nSPS) is 19.6. The minimum Gasteiger partial charge on any atom is -0.311 e. The van der Waals surface area contributed by atoms with Gasteiger partial charge in [-0.1, -0.05) is 13.8 Å². The van der Waals surface area contributed by atoms with Crippen LogP contribution in [0.4, 0.5) is 0 Å². The summed E-state index contributed by atoms with van der Waals surface area (Å²) in [5.41, 5.74) is 0.246. The monoisotopic (exact) mass is 269 g/mol. The van der Waals surface area contributed by atoms with Gasteiger partial charge >= 0.3 is 0 Å². The summed E-state index contributed by atoms with van der Waals surface area (Å²) in [6.45, 7) is 17.4. The third kappa shape index (κ3) is 7.28. The Labute approximate surface area is 120 Å². The summed E-state index contributed by atoms with van der Waals surface area (Å²) in [5, 5.41) is 3.58. The van der Waals surface area contributed by atoms with Gasteiger partial charge in [0.1, 0.15) is 0 Å². The van der Waals surface area contributed by atoms with Gasteiger partial charge in [0.15, 0.2) is 0 Å². The van der Waals surface area contributed by atoms with Crippen LogP contribution < -0.4 is 5.32 Å². The molecule has 0 amide bonds. The first-order chi connectivity index (χ1) is 8.78. The molecular weight excluding hydrogens is 234 g/mol. The number of hydrogen-bond donors (Lipinski definition) is 1. The van der Waals surface area contributed by atoms with E-state index in [4.69, 9.17) is 0 Å². The summed E-state index contributed by atoms with van der Waals surface area (Å²) < 4.78 is 0. The van der Waals surface area contributed by atoms with Crippen molar-refractivity contribution in [3.8, 4) is 0 Å². The highest BCUT2D eigenvalue weighted by molar-refractivity contribution is 4.80. The van der Waals surface area contributed by atoms with E-state index in [0.717, 1.165) is 18.5 Å². The van der Waals surface area contributed by atoms with Gasteiger partial charge in [-0.15, -0.1) is 0 Å². The van der Waals surface area contributed by atoms with Crippen molar-refractivity contribution in [2.24, 2.45) is 5.92 Å². The fourth-order valence-corrected chi connectivity index (χ4v) is 2.90. The minimum absolute atomic E-state index is 0.246. The zero-order valence-corrected chi connectivity index (χ0v) is 14.0. The third-order valence-electron chi connectivity index (χ3n) is 3.92. The average Bonchev–Trinajstić information content (AvgIpc) is 2.27. The van der Waals surface area contributed by atoms with Crippen LogP contribution >= 0.6 is 0 Å². The maximum atomic E-state index is 3.58. The fraction of sp³-hybridized carbons (Fsp3) is 1.00. The van der Waals surface area contributed by atoms with Crippen LogP contribution in [0.3, 0.4) is 0 Å². The van der Waals surface area contributed by atoms with E-state index in [1.165, 1.54) is 39.0 Å². The van der Waals surface area contributed by atoms with Crippen LogP contribution in [0.5, 0.6) is 0 Å². The Morgan fingerprint density at radius 1 is 1.21 bits per heavy atom. The second kappa shape index (κ2) is 7.61. The Kier molecular flexibility index (Phi) is 6.78. The van der Waals surface area contributed by atoms with Gasteiger partial charge in [0.25, 0.3) is 0 Å². The summed E-state index contributed by atoms with van der Waals surface area (Å²) >= 11 is 0. The second-order valence-corrected chi connectivity index (χ2v) is 7.58. The molecule has 1 heterocycles. The molecule has 0 saturated carbocycles. The van der Waals surface area contributed by atoms with E-state index in [1.54, 1.807) is 0 Å². The molecule has 0 aromatic rings. The first kappa shape index (κ1) is 16.9. The lowest BCUT2D eigenvalue weighted by atomic mass is 10.0. The predicted molar refractivity (Wildman–Crippen MR) is 84.7 cm³/mol. The molecule has 0 bridgehead atoms. The SMILES string of the molecule is CC(C)CN(C)C1CCN(CCNC(C)(C)C)CC1. The molecule has 3 heteroatoms. The van der Waals surface area contributed by atoms with E-state index >= 15 is 0 Å². The Balaban J connectivity index is 2.18. The van der Waals surface area contributed by atoms with Gasteiger partial charge in [0.2, 0.25) is 0 Å². The summed E-state index contributed by atoms with van der Waals surface area (Å²) in [6.07, 6.45) is 2.66. The first-order valence-corrected chi connectivity index (χ1v) is 7.95. The number of rotatable bonds is 6. The van der Waals surface area contributed by atoms with Crippen LogP contribution in [0.25, 0.3) is 0 Å². The molecule has 0 aromatic heterocycles. The van der Waals surface area contributed by atoms with Crippen LogP contribution in [0, 0.1) is 5.92 Å². The smallest absolute Gasteiger partial charge is 0.0117 e. The molecule has 1 aliphatic heterocycles. The standard InChI is InChI=1S/C16H35N3/c1-14(2)13-18(6)15-7-10-19(11-8-15)12-9-17-16(3,4)5/h14-15,17H,7-13H2,1-6H3. The second-order valence-electron chi connectivity index (χ2n) is 7.58. The van der Waals surface area contributed by atoms with Gasteiger partial charge in [-0.2, -0.15) is 0 Å². The predicted octanol–water partition coefficient (Wildman–Crippen LogP) is 2.43. The maximum Gasteiger partial charge on any atom is 0.0117 e. The van der Waals surface area contributed by atoms with Gasteiger partial charge in [-0.3, -0.25) is 0 Å². The molecule has 0 aromatic carbocycles. The summed E-state index contributed by atoms with van der Waals surface area (Å²) in [4.78, 5) is 5.17. The molecule has 1 fully saturated rings. The van der Waals surface area contributed by atoms with Crippen molar-refractivity contribution >= 4 is 0 Å². The Morgan fingerprint density at radius 3 is 2.26 bits per heavy atom. The third-order valence-corrected chi connectivity index (χ3v) is 3.92. The molecule has 0 atom stereocenters. The lowest BCUT2D eigenvalue weighted by molar-refractivity contribution is 0.118. The molecule has 1 N–H and O–H groups in total. The van der Waals surface area contributed by atoms with Crippen LogP contribution in [-0.2, 0) is 0 Å². The van der Waals surface area contributed by atoms with E-state index in [2.05, 4.69) is 56.8 Å². The van der Waals surface area contributed by atoms with Gasteiger partial charge in [0.05, 0.1) is 0 Å². The van der Waals surface area contributed by atoms with Crippen LogP contribution in [0.1, 0.15) is 47.5 Å². The highest BCUT2D eigenvalue weighted by atomic mass is 15.2. The maximum absolute atomic E-state index is 3.58. The van der Waals surface area contributed by atoms with Crippen molar-refractivity contribution < 1.29 is 0 Å². The number of piperidine rings is 1. The highest BCUT2D eigenvalue weighted by Crippen LogP contribution is 2.16. The number of likely N-dealkylation sites (tertiary alicyclic amines) is 1. The van der Waals surface area contributed by atoms with Crippen LogP contribution in [0.15, 0.2) is 0 Å². The van der Waals surface area contributed by atoms with E-state index in [0.29, 0.717) is 0 Å². The molecule has 114 valence electrons. The van der Waals surface area contributed by atoms with Crippen molar-refractivity contribution in [2.45, 2.75) is 59.0 Å². The van der Waals surface area contributed by atoms with Crippen molar-refractivity contribution in [2.75, 3.05) is 39.8 Å². The Bertz CT molecular complexity index is 237. The molecule has 0 unspecified atom stereocenters. The van der Waals surface area contributed by atoms with Gasteiger partial charge in [-0.25, -0.2) is 0 Å². The molecule has 0 spiro atoms. The lowest BCUT2D eigenvalue weighted by Gasteiger charge is -2.37. The first-order valence-electron chi connectivity index (χ1n) is 7.95. The molecule has 1 aliphatic rings. The van der Waals surface area contributed by atoms with E-state index in [1.807, 2.05) is 0 Å². The van der Waals surface area contributed by atoms with Gasteiger partial charge < -0.3 is 15.1 Å². The van der Waals surface area contributed by atoms with Crippen molar-refractivity contribution in [3.63, 3.8) is 0 Å². The van der Waals surface area contributed by atoms with Crippen LogP contribution in [-0.4, -0.2) is 61.2 Å². The molecule has 1 saturated heterocycles. The van der Waals surface area contributed by atoms with Crippen molar-refractivity contribution in [1.29, 1.82) is 0 Å². The molecule has 3 nitrogen and oxygen atoms in total. The van der Waals surface area contributed by atoms with Crippen molar-refractivity contribution in [1.82, 2.24) is 15.1 Å². The van der Waals surface area contributed by atoms with Crippen LogP contribution in [0.2, 0.25) is 0 Å². The summed E-state index contributed by atoms with van der Waals surface area (Å²) in [6, 6.07) is 0.800. The summed E-state index contributed by atoms with van der Waals surface area (Å²) in [7, 11) is 2.29. The molecular formula is C16H35N3. The molecule has 0 aliphatic carbocycles. The highest BCUT2D eigenvalue weighted by Gasteiger charge is 2.22. The Hall–Kier alpha value is -0.120. The van der Waals surface area contributed by atoms with E-state index < -0.39 is 0 Å². The molecule has 1 rings (SSSR count). The average molecular weight is 269 g/mol. The quantitative estimate of drug-likeness (QED) is 0.799. The number of nitrogens with one attached hydrogen (secondary N) is 1. The zero-order chi connectivity index (χ0) is 14.5.